The van der Waals surface area contributed by atoms with E-state index in [9.17, 15) is 13.2 Å². The highest BCUT2D eigenvalue weighted by atomic mass is 35.5. The Bertz CT molecular complexity index is 624. The van der Waals surface area contributed by atoms with Crippen LogP contribution in [0.1, 0.15) is 0 Å². The third-order valence-electron chi connectivity index (χ3n) is 2.84. The average molecular weight is 316 g/mol. The first-order valence-corrected chi connectivity index (χ1v) is 6.47. The van der Waals surface area contributed by atoms with E-state index in [2.05, 4.69) is 4.74 Å². The van der Waals surface area contributed by atoms with Crippen molar-refractivity contribution in [3.63, 3.8) is 0 Å². The van der Waals surface area contributed by atoms with E-state index in [1.165, 1.54) is 12.1 Å². The minimum absolute atomic E-state index is 0.250. The minimum Gasteiger partial charge on any atom is -0.406 e. The van der Waals surface area contributed by atoms with Gasteiger partial charge in [-0.1, -0.05) is 23.7 Å². The van der Waals surface area contributed by atoms with Crippen LogP contribution in [0.25, 0.3) is 11.1 Å². The normalized spacial score (nSPS) is 11.3. The molecule has 0 bridgehead atoms. The first-order chi connectivity index (χ1) is 9.76. The van der Waals surface area contributed by atoms with Gasteiger partial charge in [0.15, 0.2) is 0 Å². The lowest BCUT2D eigenvalue weighted by Gasteiger charge is -2.18. The molecular formula is C15H13ClF3NO. The number of rotatable bonds is 3. The summed E-state index contributed by atoms with van der Waals surface area (Å²) in [5, 5.41) is 0.561. The molecule has 0 radical (unpaired) electrons. The first-order valence-electron chi connectivity index (χ1n) is 6.09. The maximum absolute atomic E-state index is 12.1. The molecule has 0 aromatic heterocycles. The van der Waals surface area contributed by atoms with Crippen LogP contribution < -0.4 is 9.64 Å². The Balaban J connectivity index is 2.37. The molecule has 21 heavy (non-hydrogen) atoms. The van der Waals surface area contributed by atoms with Crippen LogP contribution in [-0.2, 0) is 0 Å². The summed E-state index contributed by atoms with van der Waals surface area (Å²) in [5.74, 6) is -0.250. The smallest absolute Gasteiger partial charge is 0.406 e. The lowest BCUT2D eigenvalue weighted by atomic mass is 10.0. The number of hydrogen-bond acceptors (Lipinski definition) is 2. The van der Waals surface area contributed by atoms with Gasteiger partial charge in [0.2, 0.25) is 0 Å². The van der Waals surface area contributed by atoms with Crippen molar-refractivity contribution >= 4 is 17.3 Å². The van der Waals surface area contributed by atoms with E-state index in [1.807, 2.05) is 25.1 Å². The van der Waals surface area contributed by atoms with E-state index in [0.29, 0.717) is 5.02 Å². The van der Waals surface area contributed by atoms with Gasteiger partial charge in [-0.3, -0.25) is 0 Å². The van der Waals surface area contributed by atoms with Gasteiger partial charge in [-0.2, -0.15) is 0 Å². The lowest BCUT2D eigenvalue weighted by Crippen LogP contribution is -2.17. The predicted octanol–water partition coefficient (Wildman–Crippen LogP) is 4.97. The summed E-state index contributed by atoms with van der Waals surface area (Å²) in [7, 11) is 3.77. The molecule has 0 amide bonds. The molecule has 6 heteroatoms. The van der Waals surface area contributed by atoms with Gasteiger partial charge in [-0.25, -0.2) is 0 Å². The van der Waals surface area contributed by atoms with E-state index in [0.717, 1.165) is 16.8 Å². The molecule has 112 valence electrons. The van der Waals surface area contributed by atoms with Crippen LogP contribution in [0.3, 0.4) is 0 Å². The molecule has 2 aromatic carbocycles. The van der Waals surface area contributed by atoms with Crippen molar-refractivity contribution in [2.45, 2.75) is 6.36 Å². The molecular weight excluding hydrogens is 303 g/mol. The van der Waals surface area contributed by atoms with Gasteiger partial charge < -0.3 is 9.64 Å². The molecule has 2 nitrogen and oxygen atoms in total. The fourth-order valence-corrected chi connectivity index (χ4v) is 2.14. The molecule has 2 aromatic rings. The Labute approximate surface area is 125 Å². The van der Waals surface area contributed by atoms with Crippen LogP contribution in [0.2, 0.25) is 5.02 Å². The van der Waals surface area contributed by atoms with Crippen molar-refractivity contribution < 1.29 is 17.9 Å². The molecule has 0 atom stereocenters. The summed E-state index contributed by atoms with van der Waals surface area (Å²) in [6.07, 6.45) is -4.69. The molecule has 0 saturated heterocycles. The standard InChI is InChI=1S/C15H13ClF3NO/c1-20(2)14-8-5-11(16)9-13(14)10-3-6-12(7-4-10)21-15(17,18)19/h3-9H,1-2H3. The lowest BCUT2D eigenvalue weighted by molar-refractivity contribution is -0.274. The Morgan fingerprint density at radius 1 is 1.00 bits per heavy atom. The number of nitrogens with zero attached hydrogens (tertiary/aromatic N) is 1. The van der Waals surface area contributed by atoms with E-state index >= 15 is 0 Å². The third kappa shape index (κ3) is 4.04. The fraction of sp³-hybridized carbons (Fsp3) is 0.200. The van der Waals surface area contributed by atoms with E-state index in [1.54, 1.807) is 24.3 Å². The molecule has 0 spiro atoms. The third-order valence-corrected chi connectivity index (χ3v) is 3.07. The van der Waals surface area contributed by atoms with Crippen molar-refractivity contribution in [1.29, 1.82) is 0 Å². The van der Waals surface area contributed by atoms with E-state index in [-0.39, 0.29) is 5.75 Å². The highest BCUT2D eigenvalue weighted by Crippen LogP contribution is 2.34. The largest absolute Gasteiger partial charge is 0.573 e. The Kier molecular flexibility index (Phi) is 4.32. The number of ether oxygens (including phenoxy) is 1. The van der Waals surface area contributed by atoms with Crippen molar-refractivity contribution in [3.8, 4) is 16.9 Å². The number of alkyl halides is 3. The molecule has 0 saturated carbocycles. The van der Waals surface area contributed by atoms with Crippen molar-refractivity contribution in [3.05, 3.63) is 47.5 Å². The second-order valence-corrected chi connectivity index (χ2v) is 5.06. The zero-order chi connectivity index (χ0) is 15.6. The van der Waals surface area contributed by atoms with E-state index < -0.39 is 6.36 Å². The van der Waals surface area contributed by atoms with Crippen molar-refractivity contribution in [2.24, 2.45) is 0 Å². The zero-order valence-electron chi connectivity index (χ0n) is 11.4. The quantitative estimate of drug-likeness (QED) is 0.792. The topological polar surface area (TPSA) is 12.5 Å². The molecule has 0 N–H and O–H groups in total. The Morgan fingerprint density at radius 3 is 2.14 bits per heavy atom. The summed E-state index contributed by atoms with van der Waals surface area (Å²) in [6, 6.07) is 11.1. The van der Waals surface area contributed by atoms with Gasteiger partial charge in [0.1, 0.15) is 5.75 Å². The van der Waals surface area contributed by atoms with Gasteiger partial charge >= 0.3 is 6.36 Å². The first kappa shape index (κ1) is 15.5. The van der Waals surface area contributed by atoms with E-state index in [4.69, 9.17) is 11.6 Å². The number of anilines is 1. The van der Waals surface area contributed by atoms with Crippen LogP contribution in [0, 0.1) is 0 Å². The van der Waals surface area contributed by atoms with Crippen LogP contribution >= 0.6 is 11.6 Å². The fourth-order valence-electron chi connectivity index (χ4n) is 1.97. The number of hydrogen-bond donors (Lipinski definition) is 0. The van der Waals surface area contributed by atoms with Crippen molar-refractivity contribution in [1.82, 2.24) is 0 Å². The second kappa shape index (κ2) is 5.85. The molecule has 0 unspecified atom stereocenters. The highest BCUT2D eigenvalue weighted by molar-refractivity contribution is 6.31. The van der Waals surface area contributed by atoms with Crippen LogP contribution in [0.5, 0.6) is 5.75 Å². The summed E-state index contributed by atoms with van der Waals surface area (Å²) >= 11 is 6.00. The molecule has 0 aliphatic rings. The molecule has 0 aliphatic carbocycles. The number of benzene rings is 2. The predicted molar refractivity (Wildman–Crippen MR) is 77.9 cm³/mol. The summed E-state index contributed by atoms with van der Waals surface area (Å²) in [6.45, 7) is 0. The van der Waals surface area contributed by atoms with Crippen LogP contribution in [0.15, 0.2) is 42.5 Å². The summed E-state index contributed by atoms with van der Waals surface area (Å²) in [5.41, 5.74) is 2.52. The maximum Gasteiger partial charge on any atom is 0.573 e. The number of halogens is 4. The van der Waals surface area contributed by atoms with Crippen LogP contribution in [-0.4, -0.2) is 20.5 Å². The maximum atomic E-state index is 12.1. The summed E-state index contributed by atoms with van der Waals surface area (Å²) < 4.78 is 40.3. The van der Waals surface area contributed by atoms with Gasteiger partial charge in [-0.05, 0) is 35.9 Å². The molecule has 0 heterocycles. The molecule has 0 aliphatic heterocycles. The monoisotopic (exact) mass is 315 g/mol. The summed E-state index contributed by atoms with van der Waals surface area (Å²) in [4.78, 5) is 1.91. The average Bonchev–Trinajstić information content (AvgIpc) is 2.37. The highest BCUT2D eigenvalue weighted by Gasteiger charge is 2.30. The Hall–Kier alpha value is -1.88. The minimum atomic E-state index is -4.69. The molecule has 0 fully saturated rings. The van der Waals surface area contributed by atoms with Gasteiger partial charge in [0, 0.05) is 30.4 Å². The van der Waals surface area contributed by atoms with Gasteiger partial charge in [-0.15, -0.1) is 13.2 Å². The SMILES string of the molecule is CN(C)c1ccc(Cl)cc1-c1ccc(OC(F)(F)F)cc1. The Morgan fingerprint density at radius 2 is 1.62 bits per heavy atom. The zero-order valence-corrected chi connectivity index (χ0v) is 12.2. The van der Waals surface area contributed by atoms with Gasteiger partial charge in [0.25, 0.3) is 0 Å². The molecule has 2 rings (SSSR count). The van der Waals surface area contributed by atoms with Crippen LogP contribution in [0.4, 0.5) is 18.9 Å². The van der Waals surface area contributed by atoms with Gasteiger partial charge in [0.05, 0.1) is 0 Å². The second-order valence-electron chi connectivity index (χ2n) is 4.63. The van der Waals surface area contributed by atoms with Crippen molar-refractivity contribution in [2.75, 3.05) is 19.0 Å².